The Bertz CT molecular complexity index is 557. The van der Waals surface area contributed by atoms with Crippen molar-refractivity contribution < 1.29 is 4.79 Å². The summed E-state index contributed by atoms with van der Waals surface area (Å²) in [6.07, 6.45) is 4.87. The van der Waals surface area contributed by atoms with Gasteiger partial charge in [0, 0.05) is 29.8 Å². The topological polar surface area (TPSA) is 54.9 Å². The van der Waals surface area contributed by atoms with Crippen LogP contribution in [0, 0.1) is 6.92 Å². The minimum atomic E-state index is -0.164. The van der Waals surface area contributed by atoms with Gasteiger partial charge in [0.05, 0.1) is 10.2 Å². The first-order valence-corrected chi connectivity index (χ1v) is 5.79. The summed E-state index contributed by atoms with van der Waals surface area (Å²) >= 11 is 3.32. The number of carbonyl (C=O) groups excluding carboxylic acids is 1. The van der Waals surface area contributed by atoms with Crippen molar-refractivity contribution in [3.8, 4) is 0 Å². The van der Waals surface area contributed by atoms with Crippen LogP contribution in [0.5, 0.6) is 0 Å². The number of hydrogen-bond acceptors (Lipinski definition) is 3. The van der Waals surface area contributed by atoms with Crippen molar-refractivity contribution in [1.82, 2.24) is 9.97 Å². The van der Waals surface area contributed by atoms with Crippen molar-refractivity contribution in [3.63, 3.8) is 0 Å². The Morgan fingerprint density at radius 2 is 2.18 bits per heavy atom. The van der Waals surface area contributed by atoms with E-state index < -0.39 is 0 Å². The van der Waals surface area contributed by atoms with E-state index in [0.29, 0.717) is 11.3 Å². The molecule has 0 saturated heterocycles. The summed E-state index contributed by atoms with van der Waals surface area (Å²) in [6.45, 7) is 1.85. The summed E-state index contributed by atoms with van der Waals surface area (Å²) in [5.41, 5.74) is 2.09. The van der Waals surface area contributed by atoms with Gasteiger partial charge in [0.1, 0.15) is 0 Å². The normalized spacial score (nSPS) is 10.0. The lowest BCUT2D eigenvalue weighted by molar-refractivity contribution is 0.102. The third-order valence-corrected chi connectivity index (χ3v) is 2.81. The predicted octanol–water partition coefficient (Wildman–Crippen LogP) is 2.80. The molecule has 0 aliphatic heterocycles. The van der Waals surface area contributed by atoms with E-state index in [1.807, 2.05) is 6.92 Å². The molecule has 0 aliphatic rings. The van der Waals surface area contributed by atoms with E-state index in [0.717, 1.165) is 10.2 Å². The Balaban J connectivity index is 2.20. The first-order valence-electron chi connectivity index (χ1n) is 5.00. The summed E-state index contributed by atoms with van der Waals surface area (Å²) in [7, 11) is 0. The molecule has 1 amide bonds. The molecule has 17 heavy (non-hydrogen) atoms. The number of nitrogens with one attached hydrogen (secondary N) is 1. The van der Waals surface area contributed by atoms with Gasteiger partial charge in [-0.05, 0) is 41.1 Å². The quantitative estimate of drug-likeness (QED) is 0.926. The number of anilines is 1. The van der Waals surface area contributed by atoms with Crippen molar-refractivity contribution in [3.05, 3.63) is 52.5 Å². The van der Waals surface area contributed by atoms with Gasteiger partial charge in [0.15, 0.2) is 0 Å². The van der Waals surface area contributed by atoms with Gasteiger partial charge in [-0.15, -0.1) is 0 Å². The van der Waals surface area contributed by atoms with Gasteiger partial charge in [-0.2, -0.15) is 0 Å². The minimum Gasteiger partial charge on any atom is -0.321 e. The molecule has 2 aromatic heterocycles. The maximum Gasteiger partial charge on any atom is 0.255 e. The lowest BCUT2D eigenvalue weighted by atomic mass is 10.2. The number of aryl methyl sites for hydroxylation is 1. The van der Waals surface area contributed by atoms with Gasteiger partial charge in [-0.1, -0.05) is 0 Å². The number of aromatic nitrogens is 2. The van der Waals surface area contributed by atoms with E-state index in [9.17, 15) is 4.79 Å². The lowest BCUT2D eigenvalue weighted by Crippen LogP contribution is -2.12. The zero-order valence-corrected chi connectivity index (χ0v) is 10.7. The molecule has 0 saturated carbocycles. The van der Waals surface area contributed by atoms with Gasteiger partial charge >= 0.3 is 0 Å². The van der Waals surface area contributed by atoms with E-state index in [1.54, 1.807) is 36.8 Å². The van der Waals surface area contributed by atoms with Crippen LogP contribution in [-0.2, 0) is 0 Å². The SMILES string of the molecule is Cc1cc(C(=O)Nc2ccncc2Br)ccn1. The molecule has 0 atom stereocenters. The highest BCUT2D eigenvalue weighted by Gasteiger charge is 2.08. The van der Waals surface area contributed by atoms with Gasteiger partial charge < -0.3 is 5.32 Å². The highest BCUT2D eigenvalue weighted by molar-refractivity contribution is 9.10. The Labute approximate surface area is 107 Å². The van der Waals surface area contributed by atoms with Gasteiger partial charge in [-0.25, -0.2) is 0 Å². The van der Waals surface area contributed by atoms with E-state index in [-0.39, 0.29) is 5.91 Å². The van der Waals surface area contributed by atoms with Crippen molar-refractivity contribution in [1.29, 1.82) is 0 Å². The second-order valence-corrected chi connectivity index (χ2v) is 4.35. The number of hydrogen-bond donors (Lipinski definition) is 1. The van der Waals surface area contributed by atoms with Gasteiger partial charge in [0.2, 0.25) is 0 Å². The Morgan fingerprint density at radius 3 is 2.88 bits per heavy atom. The van der Waals surface area contributed by atoms with Crippen LogP contribution in [0.3, 0.4) is 0 Å². The molecule has 2 rings (SSSR count). The molecule has 0 aliphatic carbocycles. The summed E-state index contributed by atoms with van der Waals surface area (Å²) in [5, 5.41) is 2.80. The average molecular weight is 292 g/mol. The molecule has 86 valence electrons. The van der Waals surface area contributed by atoms with Crippen molar-refractivity contribution in [2.24, 2.45) is 0 Å². The first kappa shape index (κ1) is 11.7. The van der Waals surface area contributed by atoms with Crippen LogP contribution >= 0.6 is 15.9 Å². The van der Waals surface area contributed by atoms with E-state index in [1.165, 1.54) is 0 Å². The predicted molar refractivity (Wildman–Crippen MR) is 68.9 cm³/mol. The fourth-order valence-corrected chi connectivity index (χ4v) is 1.71. The number of rotatable bonds is 2. The number of pyridine rings is 2. The Hall–Kier alpha value is -1.75. The second-order valence-electron chi connectivity index (χ2n) is 3.50. The highest BCUT2D eigenvalue weighted by Crippen LogP contribution is 2.20. The van der Waals surface area contributed by atoms with Crippen LogP contribution in [0.25, 0.3) is 0 Å². The highest BCUT2D eigenvalue weighted by atomic mass is 79.9. The molecule has 2 aromatic rings. The minimum absolute atomic E-state index is 0.164. The van der Waals surface area contributed by atoms with Crippen LogP contribution in [0.2, 0.25) is 0 Å². The van der Waals surface area contributed by atoms with E-state index in [4.69, 9.17) is 0 Å². The lowest BCUT2D eigenvalue weighted by Gasteiger charge is -2.06. The number of carbonyl (C=O) groups is 1. The molecule has 4 nitrogen and oxygen atoms in total. The van der Waals surface area contributed by atoms with Crippen LogP contribution < -0.4 is 5.32 Å². The van der Waals surface area contributed by atoms with Crippen molar-refractivity contribution in [2.75, 3.05) is 5.32 Å². The number of nitrogens with zero attached hydrogens (tertiary/aromatic N) is 2. The number of halogens is 1. The summed E-state index contributed by atoms with van der Waals surface area (Å²) in [5.74, 6) is -0.164. The Morgan fingerprint density at radius 1 is 1.35 bits per heavy atom. The Kier molecular flexibility index (Phi) is 3.49. The molecular formula is C12H10BrN3O. The molecule has 0 radical (unpaired) electrons. The molecule has 0 fully saturated rings. The summed E-state index contributed by atoms with van der Waals surface area (Å²) < 4.78 is 0.749. The van der Waals surface area contributed by atoms with Gasteiger partial charge in [0.25, 0.3) is 5.91 Å². The zero-order valence-electron chi connectivity index (χ0n) is 9.14. The van der Waals surface area contributed by atoms with E-state index in [2.05, 4.69) is 31.2 Å². The fourth-order valence-electron chi connectivity index (χ4n) is 1.36. The third kappa shape index (κ3) is 2.88. The monoisotopic (exact) mass is 291 g/mol. The first-order chi connectivity index (χ1) is 8.16. The molecular weight excluding hydrogens is 282 g/mol. The standard InChI is InChI=1S/C12H10BrN3O/c1-8-6-9(2-5-15-8)12(17)16-11-3-4-14-7-10(11)13/h2-7H,1H3,(H,14,16,17). The zero-order chi connectivity index (χ0) is 12.3. The van der Waals surface area contributed by atoms with Crippen molar-refractivity contribution in [2.45, 2.75) is 6.92 Å². The van der Waals surface area contributed by atoms with Crippen LogP contribution in [0.1, 0.15) is 16.1 Å². The molecule has 0 bridgehead atoms. The molecule has 0 aromatic carbocycles. The maximum atomic E-state index is 11.9. The number of amides is 1. The van der Waals surface area contributed by atoms with E-state index >= 15 is 0 Å². The van der Waals surface area contributed by atoms with Crippen molar-refractivity contribution >= 4 is 27.5 Å². The van der Waals surface area contributed by atoms with Gasteiger partial charge in [-0.3, -0.25) is 14.8 Å². The second kappa shape index (κ2) is 5.05. The molecule has 2 heterocycles. The molecule has 0 spiro atoms. The summed E-state index contributed by atoms with van der Waals surface area (Å²) in [6, 6.07) is 5.15. The van der Waals surface area contributed by atoms with Crippen LogP contribution in [0.4, 0.5) is 5.69 Å². The van der Waals surface area contributed by atoms with Crippen LogP contribution in [-0.4, -0.2) is 15.9 Å². The molecule has 5 heteroatoms. The maximum absolute atomic E-state index is 11.9. The average Bonchev–Trinajstić information content (AvgIpc) is 2.32. The largest absolute Gasteiger partial charge is 0.321 e. The smallest absolute Gasteiger partial charge is 0.255 e. The molecule has 1 N–H and O–H groups in total. The fraction of sp³-hybridized carbons (Fsp3) is 0.0833. The summed E-state index contributed by atoms with van der Waals surface area (Å²) in [4.78, 5) is 19.9. The molecule has 0 unspecified atom stereocenters. The third-order valence-electron chi connectivity index (χ3n) is 2.18. The van der Waals surface area contributed by atoms with Crippen LogP contribution in [0.15, 0.2) is 41.3 Å².